The summed E-state index contributed by atoms with van der Waals surface area (Å²) in [6.07, 6.45) is 5.32. The van der Waals surface area contributed by atoms with E-state index in [1.807, 2.05) is 0 Å². The molecular weight excluding hydrogens is 186 g/mol. The molecule has 1 unspecified atom stereocenters. The first-order valence-electron chi connectivity index (χ1n) is 4.43. The molecule has 0 saturated carbocycles. The van der Waals surface area contributed by atoms with Crippen LogP contribution in [0, 0.1) is 0 Å². The molecule has 1 atom stereocenters. The van der Waals surface area contributed by atoms with Gasteiger partial charge < -0.3 is 4.89 Å². The van der Waals surface area contributed by atoms with Crippen molar-refractivity contribution in [2.24, 2.45) is 0 Å². The van der Waals surface area contributed by atoms with Crippen LogP contribution < -0.4 is 0 Å². The second-order valence-corrected chi connectivity index (χ2v) is 5.72. The van der Waals surface area contributed by atoms with Gasteiger partial charge in [-0.15, -0.1) is 0 Å². The smallest absolute Gasteiger partial charge is 0.200 e. The van der Waals surface area contributed by atoms with Crippen LogP contribution >= 0.6 is 7.37 Å². The molecule has 12 heavy (non-hydrogen) atoms. The third kappa shape index (κ3) is 8.82. The predicted octanol–water partition coefficient (Wildman–Crippen LogP) is 1.67. The van der Waals surface area contributed by atoms with Gasteiger partial charge >= 0.3 is 0 Å². The van der Waals surface area contributed by atoms with Gasteiger partial charge in [0, 0.05) is 12.3 Å². The van der Waals surface area contributed by atoms with E-state index >= 15 is 0 Å². The van der Waals surface area contributed by atoms with E-state index in [-0.39, 0.29) is 17.4 Å². The van der Waals surface area contributed by atoms with E-state index in [1.165, 1.54) is 12.8 Å². The van der Waals surface area contributed by atoms with Crippen LogP contribution in [-0.2, 0) is 4.57 Å². The van der Waals surface area contributed by atoms with Crippen LogP contribution in [0.1, 0.15) is 39.5 Å². The molecule has 0 radical (unpaired) electrons. The summed E-state index contributed by atoms with van der Waals surface area (Å²) in [5.74, 6) is 0. The molecule has 2 nitrogen and oxygen atoms in total. The lowest BCUT2D eigenvalue weighted by Crippen LogP contribution is -1.91. The molecule has 0 aromatic heterocycles. The Bertz CT molecular complexity index is 139. The SMILES string of the molecule is CCCCCCP(=O)(O)CC.[AlH3]. The molecule has 0 rings (SSSR count). The fourth-order valence-electron chi connectivity index (χ4n) is 0.944. The lowest BCUT2D eigenvalue weighted by Gasteiger charge is -2.07. The summed E-state index contributed by atoms with van der Waals surface area (Å²) in [5.41, 5.74) is 0. The van der Waals surface area contributed by atoms with Crippen LogP contribution in [0.15, 0.2) is 0 Å². The summed E-state index contributed by atoms with van der Waals surface area (Å²) >= 11 is 0. The zero-order valence-corrected chi connectivity index (χ0v) is 8.44. The maximum Gasteiger partial charge on any atom is 0.200 e. The highest BCUT2D eigenvalue weighted by Gasteiger charge is 2.12. The Kier molecular flexibility index (Phi) is 10.6. The van der Waals surface area contributed by atoms with Crippen molar-refractivity contribution in [3.8, 4) is 0 Å². The molecule has 0 spiro atoms. The van der Waals surface area contributed by atoms with Crippen molar-refractivity contribution in [3.63, 3.8) is 0 Å². The normalized spacial score (nSPS) is 14.9. The van der Waals surface area contributed by atoms with Gasteiger partial charge in [-0.05, 0) is 6.42 Å². The van der Waals surface area contributed by atoms with E-state index in [1.54, 1.807) is 6.92 Å². The molecule has 74 valence electrons. The molecule has 0 bridgehead atoms. The topological polar surface area (TPSA) is 37.3 Å². The molecule has 0 aliphatic heterocycles. The van der Waals surface area contributed by atoms with Crippen LogP contribution in [0.3, 0.4) is 0 Å². The predicted molar refractivity (Wildman–Crippen MR) is 59.3 cm³/mol. The first kappa shape index (κ1) is 15.2. The molecule has 0 heterocycles. The van der Waals surface area contributed by atoms with E-state index < -0.39 is 7.37 Å². The third-order valence-corrected chi connectivity index (χ3v) is 3.86. The molecule has 0 amide bonds. The van der Waals surface area contributed by atoms with Crippen LogP contribution in [0.2, 0.25) is 0 Å². The summed E-state index contributed by atoms with van der Waals surface area (Å²) in [6, 6.07) is 0. The van der Waals surface area contributed by atoms with E-state index in [2.05, 4.69) is 6.92 Å². The van der Waals surface area contributed by atoms with Crippen molar-refractivity contribution in [3.05, 3.63) is 0 Å². The van der Waals surface area contributed by atoms with E-state index in [9.17, 15) is 9.46 Å². The van der Waals surface area contributed by atoms with Gasteiger partial charge in [-0.3, -0.25) is 4.57 Å². The molecule has 0 aliphatic rings. The standard InChI is InChI=1S/C8H19O2P.Al.3H/c1-3-5-6-7-8-11(9,10)4-2;;;;/h3-8H2,1-2H3,(H,9,10);;;;. The quantitative estimate of drug-likeness (QED) is 0.409. The Morgan fingerprint density at radius 1 is 1.17 bits per heavy atom. The van der Waals surface area contributed by atoms with Crippen LogP contribution in [0.5, 0.6) is 0 Å². The van der Waals surface area contributed by atoms with Crippen molar-refractivity contribution in [2.45, 2.75) is 39.5 Å². The van der Waals surface area contributed by atoms with E-state index in [4.69, 9.17) is 0 Å². The molecule has 0 aromatic carbocycles. The average Bonchev–Trinajstić information content (AvgIpc) is 1.99. The Morgan fingerprint density at radius 3 is 2.17 bits per heavy atom. The number of rotatable bonds is 6. The zero-order valence-electron chi connectivity index (χ0n) is 7.55. The molecule has 4 heteroatoms. The summed E-state index contributed by atoms with van der Waals surface area (Å²) in [7, 11) is -2.71. The highest BCUT2D eigenvalue weighted by Crippen LogP contribution is 2.40. The van der Waals surface area contributed by atoms with E-state index in [0.29, 0.717) is 12.3 Å². The van der Waals surface area contributed by atoms with Gasteiger partial charge in [-0.1, -0.05) is 33.1 Å². The lowest BCUT2D eigenvalue weighted by atomic mass is 10.2. The van der Waals surface area contributed by atoms with Gasteiger partial charge in [0.15, 0.2) is 24.7 Å². The van der Waals surface area contributed by atoms with Crippen molar-refractivity contribution in [1.29, 1.82) is 0 Å². The Hall–Kier alpha value is 0.722. The fourth-order valence-corrected chi connectivity index (χ4v) is 1.98. The maximum absolute atomic E-state index is 11.1. The minimum atomic E-state index is -2.71. The Balaban J connectivity index is 0. The maximum atomic E-state index is 11.1. The number of hydrogen-bond acceptors (Lipinski definition) is 1. The van der Waals surface area contributed by atoms with Crippen molar-refractivity contribution < 1.29 is 9.46 Å². The third-order valence-electron chi connectivity index (χ3n) is 1.86. The largest absolute Gasteiger partial charge is 0.344 e. The second-order valence-electron chi connectivity index (χ2n) is 2.95. The minimum Gasteiger partial charge on any atom is -0.344 e. The molecule has 0 aromatic rings. The van der Waals surface area contributed by atoms with Gasteiger partial charge in [-0.25, -0.2) is 0 Å². The highest BCUT2D eigenvalue weighted by atomic mass is 31.2. The lowest BCUT2D eigenvalue weighted by molar-refractivity contribution is 0.475. The number of unbranched alkanes of at least 4 members (excludes halogenated alkanes) is 3. The molecular formula is C8H22AlO2P. The number of hydrogen-bond donors (Lipinski definition) is 1. The summed E-state index contributed by atoms with van der Waals surface area (Å²) < 4.78 is 11.1. The first-order valence-corrected chi connectivity index (χ1v) is 6.46. The average molecular weight is 208 g/mol. The van der Waals surface area contributed by atoms with Crippen LogP contribution in [0.25, 0.3) is 0 Å². The summed E-state index contributed by atoms with van der Waals surface area (Å²) in [5, 5.41) is 0. The Morgan fingerprint density at radius 2 is 1.75 bits per heavy atom. The molecule has 0 aliphatic carbocycles. The molecule has 0 fully saturated rings. The van der Waals surface area contributed by atoms with Gasteiger partial charge in [-0.2, -0.15) is 0 Å². The zero-order chi connectivity index (χ0) is 8.74. The van der Waals surface area contributed by atoms with Gasteiger partial charge in [0.1, 0.15) is 0 Å². The summed E-state index contributed by atoms with van der Waals surface area (Å²) in [6.45, 7) is 3.92. The van der Waals surface area contributed by atoms with Crippen molar-refractivity contribution in [1.82, 2.24) is 0 Å². The molecule has 0 saturated heterocycles. The second kappa shape index (κ2) is 8.33. The van der Waals surface area contributed by atoms with Gasteiger partial charge in [0.2, 0.25) is 0 Å². The van der Waals surface area contributed by atoms with Crippen molar-refractivity contribution >= 4 is 24.7 Å². The van der Waals surface area contributed by atoms with Gasteiger partial charge in [0.25, 0.3) is 0 Å². The summed E-state index contributed by atoms with van der Waals surface area (Å²) in [4.78, 5) is 9.18. The minimum absolute atomic E-state index is 0. The van der Waals surface area contributed by atoms with E-state index in [0.717, 1.165) is 12.8 Å². The highest BCUT2D eigenvalue weighted by molar-refractivity contribution is 7.57. The first-order chi connectivity index (χ1) is 5.12. The van der Waals surface area contributed by atoms with Crippen LogP contribution in [0.4, 0.5) is 0 Å². The fraction of sp³-hybridized carbons (Fsp3) is 1.00. The van der Waals surface area contributed by atoms with Crippen molar-refractivity contribution in [2.75, 3.05) is 12.3 Å². The molecule has 1 N–H and O–H groups in total. The monoisotopic (exact) mass is 208 g/mol. The van der Waals surface area contributed by atoms with Crippen LogP contribution in [-0.4, -0.2) is 34.6 Å². The van der Waals surface area contributed by atoms with Gasteiger partial charge in [0.05, 0.1) is 0 Å². The Labute approximate surface area is 86.3 Å².